The number of amides is 2. The molecule has 4 atom stereocenters. The summed E-state index contributed by atoms with van der Waals surface area (Å²) >= 11 is 0. The van der Waals surface area contributed by atoms with E-state index < -0.39 is 30.0 Å². The zero-order chi connectivity index (χ0) is 27.0. The highest BCUT2D eigenvalue weighted by atomic mass is 16.5. The Morgan fingerprint density at radius 3 is 2.55 bits per heavy atom. The lowest BCUT2D eigenvalue weighted by Gasteiger charge is -2.43. The fraction of sp³-hybridized carbons (Fsp3) is 0.667. The molecule has 1 aromatic carbocycles. The van der Waals surface area contributed by atoms with E-state index in [9.17, 15) is 14.4 Å². The van der Waals surface area contributed by atoms with Gasteiger partial charge in [-0.2, -0.15) is 0 Å². The van der Waals surface area contributed by atoms with Gasteiger partial charge in [0.15, 0.2) is 5.78 Å². The number of nitrogens with zero attached hydrogens (tertiary/aromatic N) is 6. The van der Waals surface area contributed by atoms with Crippen molar-refractivity contribution in [3.63, 3.8) is 0 Å². The van der Waals surface area contributed by atoms with E-state index in [1.54, 1.807) is 6.07 Å². The maximum atomic E-state index is 14.2. The Morgan fingerprint density at radius 1 is 1.21 bits per heavy atom. The Hall–Kier alpha value is -3.14. The maximum Gasteiger partial charge on any atom is 0.249 e. The topological polar surface area (TPSA) is 145 Å². The first-order chi connectivity index (χ1) is 18.3. The second-order valence-electron chi connectivity index (χ2n) is 11.4. The molecule has 3 heterocycles. The Kier molecular flexibility index (Phi) is 7.61. The molecule has 2 N–H and O–H groups in total. The van der Waals surface area contributed by atoms with Gasteiger partial charge >= 0.3 is 0 Å². The van der Waals surface area contributed by atoms with Crippen LogP contribution in [0.15, 0.2) is 23.3 Å². The molecule has 4 fully saturated rings. The van der Waals surface area contributed by atoms with Crippen molar-refractivity contribution in [2.75, 3.05) is 44.2 Å². The number of carbonyl (C=O) groups excluding carboxylic acids is 3. The lowest BCUT2D eigenvalue weighted by atomic mass is 9.85. The fourth-order valence-electron chi connectivity index (χ4n) is 6.41. The van der Waals surface area contributed by atoms with Crippen LogP contribution in [0.25, 0.3) is 10.4 Å². The summed E-state index contributed by atoms with van der Waals surface area (Å²) < 4.78 is 5.61. The molecule has 0 unspecified atom stereocenters. The fourth-order valence-corrected chi connectivity index (χ4v) is 6.41. The average Bonchev–Trinajstić information content (AvgIpc) is 3.42. The smallest absolute Gasteiger partial charge is 0.249 e. The molecule has 11 heteroatoms. The Morgan fingerprint density at radius 2 is 1.95 bits per heavy atom. The molecule has 0 bridgehead atoms. The third-order valence-electron chi connectivity index (χ3n) is 8.59. The number of hydrogen-bond donors (Lipinski definition) is 1. The van der Waals surface area contributed by atoms with Crippen LogP contribution in [0, 0.1) is 5.92 Å². The molecule has 1 aromatic rings. The number of likely N-dealkylation sites (tertiary alicyclic amines) is 1. The van der Waals surface area contributed by atoms with Crippen LogP contribution < -0.4 is 10.6 Å². The third-order valence-corrected chi connectivity index (χ3v) is 8.59. The number of ether oxygens (including phenoxy) is 1. The van der Waals surface area contributed by atoms with Gasteiger partial charge in [0, 0.05) is 54.9 Å². The number of azide groups is 1. The zero-order valence-corrected chi connectivity index (χ0v) is 22.2. The van der Waals surface area contributed by atoms with E-state index in [1.807, 2.05) is 26.0 Å². The van der Waals surface area contributed by atoms with Crippen molar-refractivity contribution >= 4 is 23.3 Å². The van der Waals surface area contributed by atoms with Gasteiger partial charge in [0.05, 0.1) is 18.1 Å². The van der Waals surface area contributed by atoms with Gasteiger partial charge in [-0.05, 0) is 54.5 Å². The Labute approximate surface area is 222 Å². The van der Waals surface area contributed by atoms with Gasteiger partial charge in [-0.3, -0.25) is 19.3 Å². The number of primary amides is 1. The van der Waals surface area contributed by atoms with Crippen molar-refractivity contribution in [1.29, 1.82) is 0 Å². The normalized spacial score (nSPS) is 26.7. The summed E-state index contributed by atoms with van der Waals surface area (Å²) in [6.07, 6.45) is 3.71. The van der Waals surface area contributed by atoms with Crippen LogP contribution >= 0.6 is 0 Å². The molecule has 0 radical (unpaired) electrons. The monoisotopic (exact) mass is 523 g/mol. The maximum absolute atomic E-state index is 14.2. The minimum absolute atomic E-state index is 0.104. The highest BCUT2D eigenvalue weighted by Gasteiger charge is 2.53. The van der Waals surface area contributed by atoms with Gasteiger partial charge in [-0.15, -0.1) is 0 Å². The highest BCUT2D eigenvalue weighted by molar-refractivity contribution is 5.99. The molecule has 5 rings (SSSR count). The molecule has 1 saturated carbocycles. The van der Waals surface area contributed by atoms with Crippen LogP contribution in [0.3, 0.4) is 0 Å². The number of carbonyl (C=O) groups is 3. The Balaban J connectivity index is 1.45. The summed E-state index contributed by atoms with van der Waals surface area (Å²) in [7, 11) is 0. The number of piperazine rings is 1. The van der Waals surface area contributed by atoms with Crippen LogP contribution in [-0.2, 0) is 14.3 Å². The summed E-state index contributed by atoms with van der Waals surface area (Å²) in [5, 5.41) is 3.80. The summed E-state index contributed by atoms with van der Waals surface area (Å²) in [6.45, 7) is 7.78. The van der Waals surface area contributed by atoms with E-state index in [0.29, 0.717) is 23.6 Å². The van der Waals surface area contributed by atoms with Crippen molar-refractivity contribution in [2.24, 2.45) is 16.8 Å². The van der Waals surface area contributed by atoms with Gasteiger partial charge in [0.1, 0.15) is 12.6 Å². The van der Waals surface area contributed by atoms with Crippen LogP contribution in [0.1, 0.15) is 61.4 Å². The molecule has 3 saturated heterocycles. The molecular formula is C27H37N7O4. The van der Waals surface area contributed by atoms with Gasteiger partial charge in [-0.25, -0.2) is 0 Å². The van der Waals surface area contributed by atoms with E-state index in [-0.39, 0.29) is 30.8 Å². The van der Waals surface area contributed by atoms with Crippen LogP contribution in [0.4, 0.5) is 5.69 Å². The number of Topliss-reactive ketones (excluding diaryl/α,β-unsaturated/α-hetero) is 1. The summed E-state index contributed by atoms with van der Waals surface area (Å²) in [5.74, 6) is -1.59. The molecule has 38 heavy (non-hydrogen) atoms. The number of fused-ring (bicyclic) bond motifs is 1. The van der Waals surface area contributed by atoms with Gasteiger partial charge in [0.25, 0.3) is 0 Å². The summed E-state index contributed by atoms with van der Waals surface area (Å²) in [4.78, 5) is 48.6. The minimum Gasteiger partial charge on any atom is -0.369 e. The molecule has 3 aliphatic heterocycles. The molecule has 11 nitrogen and oxygen atoms in total. The number of hydrogen-bond acceptors (Lipinski definition) is 7. The van der Waals surface area contributed by atoms with Crippen LogP contribution in [0.5, 0.6) is 0 Å². The number of benzene rings is 1. The number of anilines is 1. The first-order valence-electron chi connectivity index (χ1n) is 13.7. The van der Waals surface area contributed by atoms with Crippen molar-refractivity contribution in [1.82, 2.24) is 9.80 Å². The largest absolute Gasteiger partial charge is 0.369 e. The summed E-state index contributed by atoms with van der Waals surface area (Å²) in [5.41, 5.74) is 16.7. The van der Waals surface area contributed by atoms with Crippen molar-refractivity contribution in [3.8, 4) is 0 Å². The predicted octanol–water partition coefficient (Wildman–Crippen LogP) is 2.45. The molecule has 2 amide bonds. The first-order valence-corrected chi connectivity index (χ1v) is 13.7. The first kappa shape index (κ1) is 26.5. The predicted molar refractivity (Wildman–Crippen MR) is 142 cm³/mol. The zero-order valence-electron chi connectivity index (χ0n) is 22.2. The molecule has 1 aliphatic carbocycles. The van der Waals surface area contributed by atoms with E-state index >= 15 is 0 Å². The Bertz CT molecular complexity index is 1140. The standard InChI is InChI=1S/C27H37N7O4/c1-16(2)12-21(27(37)34-14-22(30-31-29)25-24(34)23(35)15-38-25)20-13-18(6-7-19(20)26(28)36)33-10-8-32(9-11-33)17-4-3-5-17/h6-7,13,16-17,21-22,24-25H,3-5,8-12,14-15H2,1-2H3,(H2,28,36)/t21-,22-,24+,25+/m0/s1. The molecule has 204 valence electrons. The lowest BCUT2D eigenvalue weighted by molar-refractivity contribution is -0.138. The van der Waals surface area contributed by atoms with Gasteiger partial charge < -0.3 is 20.3 Å². The molecule has 0 aromatic heterocycles. The van der Waals surface area contributed by atoms with Gasteiger partial charge in [0.2, 0.25) is 11.8 Å². The van der Waals surface area contributed by atoms with E-state index in [1.165, 1.54) is 24.2 Å². The minimum atomic E-state index is -0.785. The van der Waals surface area contributed by atoms with Crippen molar-refractivity contribution in [3.05, 3.63) is 39.8 Å². The SMILES string of the molecule is CC(C)C[C@H](C(=O)N1C[C@H](N=[N+]=[N-])[C@H]2OCC(=O)[C@H]21)c1cc(N2CCN(C3CCC3)CC2)ccc1C(N)=O. The number of rotatable bonds is 8. The van der Waals surface area contributed by atoms with Crippen molar-refractivity contribution in [2.45, 2.75) is 69.7 Å². The quantitative estimate of drug-likeness (QED) is 0.315. The van der Waals surface area contributed by atoms with Gasteiger partial charge in [-0.1, -0.05) is 25.4 Å². The highest BCUT2D eigenvalue weighted by Crippen LogP contribution is 2.37. The molecule has 4 aliphatic rings. The number of nitrogens with two attached hydrogens (primary N) is 1. The van der Waals surface area contributed by atoms with E-state index in [2.05, 4.69) is 19.8 Å². The second kappa shape index (κ2) is 10.9. The molecule has 0 spiro atoms. The third kappa shape index (κ3) is 4.98. The van der Waals surface area contributed by atoms with E-state index in [0.717, 1.165) is 31.9 Å². The van der Waals surface area contributed by atoms with Crippen LogP contribution in [-0.4, -0.2) is 91.0 Å². The number of ketones is 1. The van der Waals surface area contributed by atoms with Crippen LogP contribution in [0.2, 0.25) is 0 Å². The lowest BCUT2D eigenvalue weighted by Crippen LogP contribution is -2.52. The van der Waals surface area contributed by atoms with E-state index in [4.69, 9.17) is 16.0 Å². The summed E-state index contributed by atoms with van der Waals surface area (Å²) in [6, 6.07) is 4.87. The second-order valence-corrected chi connectivity index (χ2v) is 11.4. The van der Waals surface area contributed by atoms with Crippen molar-refractivity contribution < 1.29 is 19.1 Å². The molecular weight excluding hydrogens is 486 g/mol. The average molecular weight is 524 g/mol.